The number of carbonyl (C=O) groups excluding carboxylic acids is 1. The highest BCUT2D eigenvalue weighted by atomic mass is 32.1. The molecule has 1 N–H and O–H groups in total. The van der Waals surface area contributed by atoms with Crippen molar-refractivity contribution < 1.29 is 9.53 Å². The van der Waals surface area contributed by atoms with Crippen LogP contribution in [0, 0.1) is 0 Å². The smallest absolute Gasteiger partial charge is 0.317 e. The Balaban J connectivity index is 1.55. The van der Waals surface area contributed by atoms with Gasteiger partial charge in [0.1, 0.15) is 6.10 Å². The first kappa shape index (κ1) is 18.5. The number of hydrogen-bond acceptors (Lipinski definition) is 4. The van der Waals surface area contributed by atoms with Gasteiger partial charge in [-0.05, 0) is 58.6 Å². The molecule has 5 nitrogen and oxygen atoms in total. The van der Waals surface area contributed by atoms with E-state index in [1.807, 2.05) is 18.7 Å². The Hall–Kier alpha value is -1.27. The molecule has 1 fully saturated rings. The average molecular weight is 366 g/mol. The van der Waals surface area contributed by atoms with E-state index in [1.54, 1.807) is 11.3 Å². The number of thiophene rings is 1. The van der Waals surface area contributed by atoms with E-state index in [4.69, 9.17) is 4.74 Å². The highest BCUT2D eigenvalue weighted by Crippen LogP contribution is 2.35. The van der Waals surface area contributed by atoms with Gasteiger partial charge in [-0.2, -0.15) is 0 Å². The maximum Gasteiger partial charge on any atom is 0.317 e. The van der Waals surface area contributed by atoms with Gasteiger partial charge in [-0.15, -0.1) is 11.3 Å². The van der Waals surface area contributed by atoms with Crippen LogP contribution in [0.25, 0.3) is 0 Å². The Morgan fingerprint density at radius 3 is 2.60 bits per heavy atom. The number of nitrogens with zero attached hydrogens (tertiary/aromatic N) is 2. The topological polar surface area (TPSA) is 44.8 Å². The fourth-order valence-electron chi connectivity index (χ4n) is 3.55. The molecule has 0 bridgehead atoms. The largest absolute Gasteiger partial charge is 0.481 e. The number of fused-ring (bicyclic) bond motifs is 1. The van der Waals surface area contributed by atoms with E-state index in [1.165, 1.54) is 10.4 Å². The minimum atomic E-state index is 0.0374. The molecule has 25 heavy (non-hydrogen) atoms. The van der Waals surface area contributed by atoms with E-state index >= 15 is 0 Å². The van der Waals surface area contributed by atoms with Gasteiger partial charge in [0.15, 0.2) is 5.06 Å². The van der Waals surface area contributed by atoms with E-state index < -0.39 is 0 Å². The van der Waals surface area contributed by atoms with Gasteiger partial charge >= 0.3 is 6.03 Å². The molecule has 1 aromatic heterocycles. The lowest BCUT2D eigenvalue weighted by atomic mass is 10.1. The number of ether oxygens (including phenoxy) is 1. The summed E-state index contributed by atoms with van der Waals surface area (Å²) in [7, 11) is 0. The third-order valence-corrected chi connectivity index (χ3v) is 6.16. The van der Waals surface area contributed by atoms with Crippen molar-refractivity contribution in [2.75, 3.05) is 19.6 Å². The lowest BCUT2D eigenvalue weighted by Gasteiger charge is -2.34. The lowest BCUT2D eigenvalue weighted by molar-refractivity contribution is 0.0867. The van der Waals surface area contributed by atoms with Gasteiger partial charge in [-0.1, -0.05) is 0 Å². The van der Waals surface area contributed by atoms with Crippen molar-refractivity contribution >= 4 is 17.4 Å². The molecule has 2 amide bonds. The van der Waals surface area contributed by atoms with Crippen molar-refractivity contribution in [2.24, 2.45) is 0 Å². The number of urea groups is 1. The molecule has 0 spiro atoms. The normalized spacial score (nSPS) is 19.4. The van der Waals surface area contributed by atoms with Gasteiger partial charge < -0.3 is 19.9 Å². The molecular formula is C19H31N3O2S. The maximum atomic E-state index is 12.2. The Labute approximate surface area is 155 Å². The van der Waals surface area contributed by atoms with Crippen LogP contribution in [0.5, 0.6) is 5.06 Å². The van der Waals surface area contributed by atoms with Gasteiger partial charge in [0, 0.05) is 43.1 Å². The summed E-state index contributed by atoms with van der Waals surface area (Å²) in [6, 6.07) is 2.99. The Morgan fingerprint density at radius 1 is 1.24 bits per heavy atom. The van der Waals surface area contributed by atoms with Crippen molar-refractivity contribution in [3.8, 4) is 5.06 Å². The van der Waals surface area contributed by atoms with Gasteiger partial charge in [0.25, 0.3) is 0 Å². The number of piperidine rings is 1. The molecule has 2 aliphatic heterocycles. The van der Waals surface area contributed by atoms with Crippen LogP contribution in [0.3, 0.4) is 0 Å². The molecule has 3 heterocycles. The summed E-state index contributed by atoms with van der Waals surface area (Å²) in [5, 5.41) is 4.01. The van der Waals surface area contributed by atoms with Crippen LogP contribution in [-0.4, -0.2) is 53.7 Å². The van der Waals surface area contributed by atoms with Gasteiger partial charge in [-0.3, -0.25) is 0 Å². The van der Waals surface area contributed by atoms with Gasteiger partial charge in [-0.25, -0.2) is 4.79 Å². The predicted octanol–water partition coefficient (Wildman–Crippen LogP) is 3.48. The molecule has 6 heteroatoms. The molecule has 0 radical (unpaired) electrons. The van der Waals surface area contributed by atoms with Crippen LogP contribution in [0.2, 0.25) is 0 Å². The second kappa shape index (κ2) is 7.96. The number of nitrogens with one attached hydrogen (secondary N) is 1. The average Bonchev–Trinajstić information content (AvgIpc) is 2.95. The summed E-state index contributed by atoms with van der Waals surface area (Å²) in [5.41, 5.74) is 1.25. The maximum absolute atomic E-state index is 12.2. The zero-order valence-electron chi connectivity index (χ0n) is 15.9. The molecule has 140 valence electrons. The third-order valence-electron chi connectivity index (χ3n) is 5.03. The van der Waals surface area contributed by atoms with Crippen LogP contribution in [-0.2, 0) is 13.0 Å². The summed E-state index contributed by atoms with van der Waals surface area (Å²) in [4.78, 5) is 18.0. The monoisotopic (exact) mass is 365 g/mol. The molecule has 1 aromatic rings. The van der Waals surface area contributed by atoms with Crippen molar-refractivity contribution in [1.29, 1.82) is 0 Å². The van der Waals surface area contributed by atoms with Crippen molar-refractivity contribution in [3.05, 3.63) is 16.5 Å². The molecular weight excluding hydrogens is 334 g/mol. The van der Waals surface area contributed by atoms with Crippen LogP contribution in [0.15, 0.2) is 6.07 Å². The van der Waals surface area contributed by atoms with E-state index in [-0.39, 0.29) is 12.1 Å². The van der Waals surface area contributed by atoms with Crippen molar-refractivity contribution in [1.82, 2.24) is 15.1 Å². The number of amides is 2. The number of carbonyl (C=O) groups is 1. The van der Waals surface area contributed by atoms with E-state index in [0.29, 0.717) is 18.7 Å². The zero-order valence-corrected chi connectivity index (χ0v) is 16.7. The molecule has 3 rings (SSSR count). The summed E-state index contributed by atoms with van der Waals surface area (Å²) < 4.78 is 6.27. The van der Waals surface area contributed by atoms with Gasteiger partial charge in [0.05, 0.1) is 0 Å². The van der Waals surface area contributed by atoms with Crippen LogP contribution < -0.4 is 10.1 Å². The van der Waals surface area contributed by atoms with Crippen LogP contribution >= 0.6 is 11.3 Å². The predicted molar refractivity (Wildman–Crippen MR) is 102 cm³/mol. The second-order valence-corrected chi connectivity index (χ2v) is 8.84. The summed E-state index contributed by atoms with van der Waals surface area (Å²) >= 11 is 1.77. The fourth-order valence-corrected chi connectivity index (χ4v) is 4.63. The molecule has 0 unspecified atom stereocenters. The number of hydrogen-bond donors (Lipinski definition) is 1. The Morgan fingerprint density at radius 2 is 1.96 bits per heavy atom. The Kier molecular flexibility index (Phi) is 5.89. The SMILES string of the molecule is CC(C)NC(=O)N1CCc2sc(OC3CCN(C(C)C)CC3)cc2C1. The molecule has 0 atom stereocenters. The minimum Gasteiger partial charge on any atom is -0.481 e. The highest BCUT2D eigenvalue weighted by Gasteiger charge is 2.26. The van der Waals surface area contributed by atoms with Crippen LogP contribution in [0.1, 0.15) is 51.0 Å². The molecule has 1 saturated heterocycles. The first-order valence-electron chi connectivity index (χ1n) is 9.50. The Bertz CT molecular complexity index is 591. The van der Waals surface area contributed by atoms with Crippen molar-refractivity contribution in [2.45, 2.75) is 71.7 Å². The summed E-state index contributed by atoms with van der Waals surface area (Å²) in [6.45, 7) is 12.2. The molecule has 0 aliphatic carbocycles. The third kappa shape index (κ3) is 4.67. The molecule has 2 aliphatic rings. The second-order valence-electron chi connectivity index (χ2n) is 7.74. The van der Waals surface area contributed by atoms with E-state index in [9.17, 15) is 4.79 Å². The fraction of sp³-hybridized carbons (Fsp3) is 0.737. The lowest BCUT2D eigenvalue weighted by Crippen LogP contribution is -2.44. The van der Waals surface area contributed by atoms with E-state index in [2.05, 4.69) is 30.1 Å². The number of rotatable bonds is 4. The number of likely N-dealkylation sites (tertiary alicyclic amines) is 1. The van der Waals surface area contributed by atoms with Gasteiger partial charge in [0.2, 0.25) is 0 Å². The first-order valence-corrected chi connectivity index (χ1v) is 10.3. The van der Waals surface area contributed by atoms with E-state index in [0.717, 1.165) is 44.0 Å². The molecule has 0 aromatic carbocycles. The summed E-state index contributed by atoms with van der Waals surface area (Å²) in [5.74, 6) is 0. The van der Waals surface area contributed by atoms with Crippen molar-refractivity contribution in [3.63, 3.8) is 0 Å². The summed E-state index contributed by atoms with van der Waals surface area (Å²) in [6.07, 6.45) is 3.46. The quantitative estimate of drug-likeness (QED) is 0.888. The standard InChI is InChI=1S/C19H31N3O2S/c1-13(2)20-19(23)22-10-7-17-15(12-22)11-18(25-17)24-16-5-8-21(9-6-16)14(3)4/h11,13-14,16H,5-10,12H2,1-4H3,(H,20,23). The van der Waals surface area contributed by atoms with Crippen LogP contribution in [0.4, 0.5) is 4.79 Å². The molecule has 0 saturated carbocycles. The minimum absolute atomic E-state index is 0.0374. The first-order chi connectivity index (χ1) is 11.9. The zero-order chi connectivity index (χ0) is 18.0. The highest BCUT2D eigenvalue weighted by molar-refractivity contribution is 7.14.